The molecule has 1 aliphatic rings. The Morgan fingerprint density at radius 2 is 2.27 bits per heavy atom. The van der Waals surface area contributed by atoms with Gasteiger partial charge in [0.1, 0.15) is 10.8 Å². The first-order chi connectivity index (χ1) is 10.7. The number of hydrogen-bond donors (Lipinski definition) is 2. The number of pyridine rings is 1. The molecule has 0 aliphatic carbocycles. The molecule has 0 bridgehead atoms. The second-order valence-corrected chi connectivity index (χ2v) is 6.16. The molecule has 0 aromatic carbocycles. The maximum atomic E-state index is 5.84. The lowest BCUT2D eigenvalue weighted by Crippen LogP contribution is -2.31. The van der Waals surface area contributed by atoms with Crippen molar-refractivity contribution < 1.29 is 4.52 Å². The van der Waals surface area contributed by atoms with E-state index in [1.54, 1.807) is 6.20 Å². The summed E-state index contributed by atoms with van der Waals surface area (Å²) < 4.78 is 7.96. The zero-order valence-corrected chi connectivity index (χ0v) is 13.4. The van der Waals surface area contributed by atoms with Gasteiger partial charge in [-0.2, -0.15) is 5.10 Å². The van der Waals surface area contributed by atoms with Gasteiger partial charge < -0.3 is 10.3 Å². The van der Waals surface area contributed by atoms with Crippen LogP contribution >= 0.6 is 15.9 Å². The molecule has 0 spiro atoms. The van der Waals surface area contributed by atoms with Crippen LogP contribution in [0.4, 0.5) is 5.82 Å². The first-order valence-corrected chi connectivity index (χ1v) is 8.00. The molecule has 0 saturated carbocycles. The van der Waals surface area contributed by atoms with Gasteiger partial charge in [0.05, 0.1) is 11.6 Å². The summed E-state index contributed by atoms with van der Waals surface area (Å²) in [7, 11) is 0. The molecular weight excluding hydrogens is 348 g/mol. The number of nitrogens with two attached hydrogens (primary N) is 1. The molecule has 4 heterocycles. The number of anilines is 1. The Kier molecular flexibility index (Phi) is 3.34. The summed E-state index contributed by atoms with van der Waals surface area (Å²) in [5, 5.41) is 12.5. The van der Waals surface area contributed by atoms with Crippen molar-refractivity contribution in [3.63, 3.8) is 0 Å². The second-order valence-electron chi connectivity index (χ2n) is 5.41. The van der Waals surface area contributed by atoms with Gasteiger partial charge in [-0.1, -0.05) is 5.16 Å². The van der Waals surface area contributed by atoms with Gasteiger partial charge in [0, 0.05) is 23.5 Å². The fraction of sp³-hybridized carbons (Fsp3) is 0.357. The van der Waals surface area contributed by atoms with Gasteiger partial charge in [-0.25, -0.2) is 4.98 Å². The number of nitrogens with one attached hydrogen (secondary N) is 1. The molecule has 22 heavy (non-hydrogen) atoms. The van der Waals surface area contributed by atoms with Gasteiger partial charge in [0.25, 0.3) is 0 Å². The summed E-state index contributed by atoms with van der Waals surface area (Å²) in [6.07, 6.45) is 9.35. The lowest BCUT2D eigenvalue weighted by Gasteiger charge is -2.23. The lowest BCUT2D eigenvalue weighted by molar-refractivity contribution is 0.298. The van der Waals surface area contributed by atoms with Gasteiger partial charge in [0.15, 0.2) is 11.4 Å². The molecule has 8 heteroatoms. The molecule has 4 rings (SSSR count). The Balaban J connectivity index is 1.76. The largest absolute Gasteiger partial charge is 0.380 e. The predicted molar refractivity (Wildman–Crippen MR) is 86.0 cm³/mol. The van der Waals surface area contributed by atoms with E-state index < -0.39 is 0 Å². The molecule has 3 aromatic heterocycles. The summed E-state index contributed by atoms with van der Waals surface area (Å²) in [5.41, 5.74) is 8.24. The molecule has 0 radical (unpaired) electrons. The van der Waals surface area contributed by atoms with Gasteiger partial charge in [0.2, 0.25) is 0 Å². The normalized spacial score (nSPS) is 18.9. The highest BCUT2D eigenvalue weighted by atomic mass is 79.9. The van der Waals surface area contributed by atoms with Crippen LogP contribution in [0.15, 0.2) is 27.7 Å². The molecule has 7 nitrogen and oxygen atoms in total. The second kappa shape index (κ2) is 5.36. The summed E-state index contributed by atoms with van der Waals surface area (Å²) in [6.45, 7) is 1.03. The average molecular weight is 363 g/mol. The van der Waals surface area contributed by atoms with Crippen LogP contribution in [0.3, 0.4) is 0 Å². The van der Waals surface area contributed by atoms with E-state index in [1.807, 2.05) is 17.1 Å². The van der Waals surface area contributed by atoms with Crippen LogP contribution in [0.1, 0.15) is 25.4 Å². The van der Waals surface area contributed by atoms with Crippen molar-refractivity contribution in [1.82, 2.24) is 25.2 Å². The number of halogens is 1. The molecule has 3 N–H and O–H groups in total. The third kappa shape index (κ3) is 2.19. The van der Waals surface area contributed by atoms with Gasteiger partial charge >= 0.3 is 0 Å². The Morgan fingerprint density at radius 1 is 1.36 bits per heavy atom. The highest BCUT2D eigenvalue weighted by molar-refractivity contribution is 9.10. The van der Waals surface area contributed by atoms with Gasteiger partial charge in [-0.3, -0.25) is 10.00 Å². The molecule has 1 unspecified atom stereocenters. The summed E-state index contributed by atoms with van der Waals surface area (Å²) in [6, 6.07) is 0. The van der Waals surface area contributed by atoms with Crippen LogP contribution in [-0.2, 0) is 0 Å². The fourth-order valence-electron chi connectivity index (χ4n) is 2.84. The highest BCUT2D eigenvalue weighted by Gasteiger charge is 2.19. The van der Waals surface area contributed by atoms with Crippen molar-refractivity contribution in [1.29, 1.82) is 0 Å². The van der Waals surface area contributed by atoms with Gasteiger partial charge in [-0.05, 0) is 41.7 Å². The van der Waals surface area contributed by atoms with E-state index in [2.05, 4.69) is 36.5 Å². The van der Waals surface area contributed by atoms with E-state index >= 15 is 0 Å². The maximum Gasteiger partial charge on any atom is 0.181 e. The van der Waals surface area contributed by atoms with Crippen molar-refractivity contribution in [3.05, 3.63) is 23.2 Å². The summed E-state index contributed by atoms with van der Waals surface area (Å²) in [5.74, 6) is 0.331. The Morgan fingerprint density at radius 3 is 3.09 bits per heavy atom. The zero-order chi connectivity index (χ0) is 15.1. The first-order valence-electron chi connectivity index (χ1n) is 7.21. The number of aromatic nitrogens is 4. The third-order valence-corrected chi connectivity index (χ3v) is 4.59. The molecule has 0 amide bonds. The van der Waals surface area contributed by atoms with Crippen molar-refractivity contribution >= 4 is 32.7 Å². The smallest absolute Gasteiger partial charge is 0.181 e. The minimum absolute atomic E-state index is 0.251. The molecule has 1 atom stereocenters. The number of nitrogens with zero attached hydrogens (tertiary/aromatic N) is 4. The van der Waals surface area contributed by atoms with Crippen LogP contribution in [0, 0.1) is 0 Å². The van der Waals surface area contributed by atoms with Crippen molar-refractivity contribution in [2.24, 2.45) is 0 Å². The topological polar surface area (TPSA) is 94.8 Å². The van der Waals surface area contributed by atoms with E-state index in [0.29, 0.717) is 21.4 Å². The van der Waals surface area contributed by atoms with Gasteiger partial charge in [-0.15, -0.1) is 0 Å². The van der Waals surface area contributed by atoms with Crippen LogP contribution in [-0.4, -0.2) is 26.5 Å². The Labute approximate surface area is 135 Å². The molecular formula is C14H15BrN6O. The van der Waals surface area contributed by atoms with Crippen LogP contribution in [0.2, 0.25) is 0 Å². The average Bonchev–Trinajstić information content (AvgIpc) is 3.17. The Hall–Kier alpha value is -1.93. The summed E-state index contributed by atoms with van der Waals surface area (Å²) >= 11 is 3.38. The minimum Gasteiger partial charge on any atom is -0.380 e. The van der Waals surface area contributed by atoms with Crippen LogP contribution in [0.25, 0.3) is 22.1 Å². The van der Waals surface area contributed by atoms with Crippen molar-refractivity contribution in [2.75, 3.05) is 12.3 Å². The number of rotatable bonds is 2. The van der Waals surface area contributed by atoms with E-state index in [0.717, 1.165) is 24.1 Å². The number of piperidine rings is 1. The van der Waals surface area contributed by atoms with Crippen LogP contribution in [0.5, 0.6) is 0 Å². The third-order valence-electron chi connectivity index (χ3n) is 3.99. The molecule has 1 aliphatic heterocycles. The number of nitrogen functional groups attached to an aromatic ring is 1. The predicted octanol–water partition coefficient (Wildman–Crippen LogP) is 2.70. The zero-order valence-electron chi connectivity index (χ0n) is 11.8. The standard InChI is InChI=1S/C14H15BrN6O/c15-13-11-12(22-20-14(11)16)9(6-18-13)8-5-19-21(7-8)10-3-1-2-4-17-10/h5-7,10,17H,1-4H2,(H2,16,20). The molecule has 1 saturated heterocycles. The highest BCUT2D eigenvalue weighted by Crippen LogP contribution is 2.34. The van der Waals surface area contributed by atoms with Crippen molar-refractivity contribution in [3.8, 4) is 11.1 Å². The van der Waals surface area contributed by atoms with E-state index in [-0.39, 0.29) is 6.17 Å². The van der Waals surface area contributed by atoms with E-state index in [4.69, 9.17) is 10.3 Å². The minimum atomic E-state index is 0.251. The van der Waals surface area contributed by atoms with Crippen molar-refractivity contribution in [2.45, 2.75) is 25.4 Å². The maximum absolute atomic E-state index is 5.84. The van der Waals surface area contributed by atoms with Crippen LogP contribution < -0.4 is 11.1 Å². The van der Waals surface area contributed by atoms with E-state index in [9.17, 15) is 0 Å². The quantitative estimate of drug-likeness (QED) is 0.680. The first kappa shape index (κ1) is 13.7. The monoisotopic (exact) mass is 362 g/mol. The summed E-state index contributed by atoms with van der Waals surface area (Å²) in [4.78, 5) is 4.32. The lowest BCUT2D eigenvalue weighted by atomic mass is 10.1. The number of hydrogen-bond acceptors (Lipinski definition) is 6. The Bertz CT molecular complexity index is 820. The fourth-order valence-corrected chi connectivity index (χ4v) is 3.33. The molecule has 1 fully saturated rings. The molecule has 3 aromatic rings. The number of fused-ring (bicyclic) bond motifs is 1. The molecule has 114 valence electrons. The SMILES string of the molecule is Nc1noc2c(-c3cnn(C4CCCCN4)c3)cnc(Br)c12. The van der Waals surface area contributed by atoms with E-state index in [1.165, 1.54) is 12.8 Å².